The summed E-state index contributed by atoms with van der Waals surface area (Å²) in [5.41, 5.74) is 0.975. The SMILES string of the molecule is COc1ccccc1OCCNC(=O)c1ccc(Cl)c(S(=O)(=O)NCc2ccccc2)c1. The number of methoxy groups -OCH3 is 1. The fraction of sp³-hybridized carbons (Fsp3) is 0.174. The van der Waals surface area contributed by atoms with E-state index in [1.165, 1.54) is 18.2 Å². The van der Waals surface area contributed by atoms with E-state index in [1.807, 2.05) is 30.3 Å². The van der Waals surface area contributed by atoms with Gasteiger partial charge in [-0.05, 0) is 35.9 Å². The highest BCUT2D eigenvalue weighted by atomic mass is 35.5. The monoisotopic (exact) mass is 474 g/mol. The Hall–Kier alpha value is -3.07. The lowest BCUT2D eigenvalue weighted by molar-refractivity contribution is 0.0946. The molecule has 0 atom stereocenters. The normalized spacial score (nSPS) is 11.1. The predicted octanol–water partition coefficient (Wildman–Crippen LogP) is 3.64. The van der Waals surface area contributed by atoms with Gasteiger partial charge in [-0.1, -0.05) is 54.1 Å². The van der Waals surface area contributed by atoms with E-state index < -0.39 is 15.9 Å². The minimum Gasteiger partial charge on any atom is -0.493 e. The standard InChI is InChI=1S/C23H23ClN2O5S/c1-30-20-9-5-6-10-21(20)31-14-13-25-23(27)18-11-12-19(24)22(15-18)32(28,29)26-16-17-7-3-2-4-8-17/h2-12,15,26H,13-14,16H2,1H3,(H,25,27). The van der Waals surface area contributed by atoms with Crippen LogP contribution in [0.5, 0.6) is 11.5 Å². The molecule has 3 rings (SSSR count). The zero-order valence-corrected chi connectivity index (χ0v) is 18.9. The van der Waals surface area contributed by atoms with E-state index in [0.717, 1.165) is 5.56 Å². The third kappa shape index (κ3) is 6.23. The van der Waals surface area contributed by atoms with Gasteiger partial charge in [-0.15, -0.1) is 0 Å². The summed E-state index contributed by atoms with van der Waals surface area (Å²) < 4.78 is 38.8. The first-order valence-corrected chi connectivity index (χ1v) is 11.6. The average molecular weight is 475 g/mol. The maximum Gasteiger partial charge on any atom is 0.251 e. The van der Waals surface area contributed by atoms with Crippen molar-refractivity contribution in [3.05, 3.63) is 88.9 Å². The lowest BCUT2D eigenvalue weighted by atomic mass is 10.2. The van der Waals surface area contributed by atoms with Gasteiger partial charge in [0.15, 0.2) is 11.5 Å². The quantitative estimate of drug-likeness (QED) is 0.437. The smallest absolute Gasteiger partial charge is 0.251 e. The second-order valence-electron chi connectivity index (χ2n) is 6.71. The first-order valence-electron chi connectivity index (χ1n) is 9.78. The number of nitrogens with one attached hydrogen (secondary N) is 2. The van der Waals surface area contributed by atoms with Crippen molar-refractivity contribution in [2.24, 2.45) is 0 Å². The molecule has 3 aromatic rings. The third-order valence-electron chi connectivity index (χ3n) is 4.51. The molecule has 7 nitrogen and oxygen atoms in total. The van der Waals surface area contributed by atoms with Crippen molar-refractivity contribution in [3.8, 4) is 11.5 Å². The zero-order valence-electron chi connectivity index (χ0n) is 17.4. The minimum absolute atomic E-state index is 0.0293. The molecule has 32 heavy (non-hydrogen) atoms. The molecule has 0 unspecified atom stereocenters. The summed E-state index contributed by atoms with van der Waals surface area (Å²) in [6.07, 6.45) is 0. The zero-order chi connectivity index (χ0) is 23.0. The van der Waals surface area contributed by atoms with Crippen LogP contribution in [0.3, 0.4) is 0 Å². The molecule has 0 bridgehead atoms. The van der Waals surface area contributed by atoms with Crippen molar-refractivity contribution in [3.63, 3.8) is 0 Å². The lowest BCUT2D eigenvalue weighted by Gasteiger charge is -2.12. The summed E-state index contributed by atoms with van der Waals surface area (Å²) in [7, 11) is -2.37. The summed E-state index contributed by atoms with van der Waals surface area (Å²) in [5.74, 6) is 0.716. The molecule has 3 aromatic carbocycles. The number of ether oxygens (including phenoxy) is 2. The van der Waals surface area contributed by atoms with E-state index >= 15 is 0 Å². The van der Waals surface area contributed by atoms with Crippen molar-refractivity contribution in [1.82, 2.24) is 10.0 Å². The van der Waals surface area contributed by atoms with Crippen LogP contribution >= 0.6 is 11.6 Å². The highest BCUT2D eigenvalue weighted by molar-refractivity contribution is 7.89. The summed E-state index contributed by atoms with van der Waals surface area (Å²) >= 11 is 6.11. The molecule has 0 fully saturated rings. The van der Waals surface area contributed by atoms with E-state index in [2.05, 4.69) is 10.0 Å². The summed E-state index contributed by atoms with van der Waals surface area (Å²) in [5, 5.41) is 2.73. The van der Waals surface area contributed by atoms with Crippen LogP contribution in [0.1, 0.15) is 15.9 Å². The molecule has 0 spiro atoms. The van der Waals surface area contributed by atoms with Crippen LogP contribution in [0.2, 0.25) is 5.02 Å². The van der Waals surface area contributed by atoms with Crippen LogP contribution in [0.15, 0.2) is 77.7 Å². The molecule has 0 aliphatic heterocycles. The molecular weight excluding hydrogens is 452 g/mol. The Morgan fingerprint density at radius 3 is 2.38 bits per heavy atom. The maximum atomic E-state index is 12.7. The number of carbonyl (C=O) groups excluding carboxylic acids is 1. The molecule has 9 heteroatoms. The van der Waals surface area contributed by atoms with Gasteiger partial charge in [0.25, 0.3) is 5.91 Å². The Morgan fingerprint density at radius 1 is 0.969 bits per heavy atom. The number of amides is 1. The van der Waals surface area contributed by atoms with Crippen molar-refractivity contribution in [1.29, 1.82) is 0 Å². The van der Waals surface area contributed by atoms with Crippen molar-refractivity contribution >= 4 is 27.5 Å². The van der Waals surface area contributed by atoms with E-state index in [1.54, 1.807) is 31.4 Å². The van der Waals surface area contributed by atoms with Gasteiger partial charge in [0.05, 0.1) is 18.7 Å². The van der Waals surface area contributed by atoms with Crippen LogP contribution < -0.4 is 19.5 Å². The van der Waals surface area contributed by atoms with E-state index in [-0.39, 0.29) is 35.2 Å². The van der Waals surface area contributed by atoms with Crippen LogP contribution in [-0.2, 0) is 16.6 Å². The summed E-state index contributed by atoms with van der Waals surface area (Å²) in [6.45, 7) is 0.535. The Morgan fingerprint density at radius 2 is 1.66 bits per heavy atom. The van der Waals surface area contributed by atoms with Gasteiger partial charge in [0, 0.05) is 12.1 Å². The predicted molar refractivity (Wildman–Crippen MR) is 123 cm³/mol. The number of rotatable bonds is 10. The number of sulfonamides is 1. The minimum atomic E-state index is -3.91. The molecule has 0 saturated carbocycles. The fourth-order valence-corrected chi connectivity index (χ4v) is 4.41. The van der Waals surface area contributed by atoms with Gasteiger partial charge in [-0.2, -0.15) is 0 Å². The molecule has 0 heterocycles. The van der Waals surface area contributed by atoms with Crippen molar-refractivity contribution < 1.29 is 22.7 Å². The number of carbonyl (C=O) groups is 1. The Labute approximate surface area is 192 Å². The molecule has 0 aromatic heterocycles. The topological polar surface area (TPSA) is 93.7 Å². The highest BCUT2D eigenvalue weighted by Crippen LogP contribution is 2.25. The van der Waals surface area contributed by atoms with Crippen LogP contribution in [-0.4, -0.2) is 34.6 Å². The maximum absolute atomic E-state index is 12.7. The van der Waals surface area contributed by atoms with Crippen molar-refractivity contribution in [2.45, 2.75) is 11.4 Å². The van der Waals surface area contributed by atoms with Gasteiger partial charge in [0.1, 0.15) is 11.5 Å². The third-order valence-corrected chi connectivity index (χ3v) is 6.39. The Kier molecular flexibility index (Phi) is 8.10. The highest BCUT2D eigenvalue weighted by Gasteiger charge is 2.20. The van der Waals surface area contributed by atoms with Gasteiger partial charge in [-0.3, -0.25) is 4.79 Å². The van der Waals surface area contributed by atoms with Gasteiger partial charge >= 0.3 is 0 Å². The molecule has 0 saturated heterocycles. The molecule has 2 N–H and O–H groups in total. The number of hydrogen-bond donors (Lipinski definition) is 2. The molecule has 0 aliphatic carbocycles. The molecule has 168 valence electrons. The van der Waals surface area contributed by atoms with Crippen LogP contribution in [0, 0.1) is 0 Å². The molecular formula is C23H23ClN2O5S. The number of halogens is 1. The van der Waals surface area contributed by atoms with Gasteiger partial charge < -0.3 is 14.8 Å². The second kappa shape index (κ2) is 11.0. The largest absolute Gasteiger partial charge is 0.493 e. The first-order chi connectivity index (χ1) is 15.4. The Bertz CT molecular complexity index is 1170. The fourth-order valence-electron chi connectivity index (χ4n) is 2.87. The number of benzene rings is 3. The van der Waals surface area contributed by atoms with E-state index in [9.17, 15) is 13.2 Å². The summed E-state index contributed by atoms with van der Waals surface area (Å²) in [4.78, 5) is 12.3. The van der Waals surface area contributed by atoms with E-state index in [4.69, 9.17) is 21.1 Å². The second-order valence-corrected chi connectivity index (χ2v) is 8.85. The van der Waals surface area contributed by atoms with Crippen molar-refractivity contribution in [2.75, 3.05) is 20.3 Å². The van der Waals surface area contributed by atoms with Gasteiger partial charge in [0.2, 0.25) is 10.0 Å². The molecule has 1 amide bonds. The summed E-state index contributed by atoms with van der Waals surface area (Å²) in [6, 6.07) is 20.4. The van der Waals surface area contributed by atoms with Crippen LogP contribution in [0.4, 0.5) is 0 Å². The average Bonchev–Trinajstić information content (AvgIpc) is 2.81. The Balaban J connectivity index is 1.60. The number of para-hydroxylation sites is 2. The number of hydrogen-bond acceptors (Lipinski definition) is 5. The molecule has 0 aliphatic rings. The first kappa shape index (κ1) is 23.6. The lowest BCUT2D eigenvalue weighted by Crippen LogP contribution is -2.29. The molecule has 0 radical (unpaired) electrons. The van der Waals surface area contributed by atoms with Crippen LogP contribution in [0.25, 0.3) is 0 Å². The van der Waals surface area contributed by atoms with E-state index in [0.29, 0.717) is 11.5 Å². The van der Waals surface area contributed by atoms with Gasteiger partial charge in [-0.25, -0.2) is 13.1 Å².